The van der Waals surface area contributed by atoms with Crippen molar-refractivity contribution in [3.05, 3.63) is 29.8 Å². The fourth-order valence-electron chi connectivity index (χ4n) is 2.33. The number of nitrogens with zero attached hydrogens (tertiary/aromatic N) is 3. The molecule has 1 aliphatic rings. The van der Waals surface area contributed by atoms with Crippen molar-refractivity contribution in [2.45, 2.75) is 18.9 Å². The largest absolute Gasteiger partial charge is 0.339 e. The van der Waals surface area contributed by atoms with Crippen LogP contribution in [0.25, 0.3) is 11.4 Å². The molecule has 1 aromatic heterocycles. The van der Waals surface area contributed by atoms with Gasteiger partial charge < -0.3 is 10.6 Å². The van der Waals surface area contributed by atoms with Gasteiger partial charge in [-0.2, -0.15) is 4.98 Å². The number of anilines is 1. The minimum atomic E-state index is -0.659. The molecule has 3 N–H and O–H groups in total. The molecule has 0 aliphatic carbocycles. The first-order chi connectivity index (χ1) is 9.65. The summed E-state index contributed by atoms with van der Waals surface area (Å²) in [5.41, 5.74) is 5.66. The number of halogens is 2. The smallest absolute Gasteiger partial charge is 0.245 e. The maximum Gasteiger partial charge on any atom is 0.245 e. The van der Waals surface area contributed by atoms with Crippen LogP contribution in [0.3, 0.4) is 0 Å². The molecule has 0 saturated carbocycles. The molecule has 1 saturated heterocycles. The van der Waals surface area contributed by atoms with E-state index >= 15 is 0 Å². The number of rotatable bonds is 2. The first-order valence-electron chi connectivity index (χ1n) is 6.52. The Bertz CT molecular complexity index is 584. The fourth-order valence-corrected chi connectivity index (χ4v) is 2.33. The van der Waals surface area contributed by atoms with Crippen LogP contribution in [0.1, 0.15) is 12.8 Å². The Labute approximate surface area is 114 Å². The Kier molecular flexibility index (Phi) is 3.35. The second-order valence-electron chi connectivity index (χ2n) is 4.91. The molecule has 106 valence electrons. The summed E-state index contributed by atoms with van der Waals surface area (Å²) >= 11 is 0. The molecule has 0 radical (unpaired) electrons. The van der Waals surface area contributed by atoms with Gasteiger partial charge in [0.2, 0.25) is 5.95 Å². The van der Waals surface area contributed by atoms with Gasteiger partial charge in [0.25, 0.3) is 0 Å². The molecule has 1 fully saturated rings. The van der Waals surface area contributed by atoms with Crippen LogP contribution in [-0.4, -0.2) is 34.3 Å². The zero-order chi connectivity index (χ0) is 14.1. The van der Waals surface area contributed by atoms with E-state index in [-0.39, 0.29) is 17.4 Å². The van der Waals surface area contributed by atoms with E-state index in [2.05, 4.69) is 15.2 Å². The first-order valence-corrected chi connectivity index (χ1v) is 6.52. The van der Waals surface area contributed by atoms with Gasteiger partial charge in [0, 0.05) is 19.1 Å². The highest BCUT2D eigenvalue weighted by atomic mass is 19.1. The van der Waals surface area contributed by atoms with Crippen LogP contribution in [0.15, 0.2) is 18.2 Å². The molecule has 20 heavy (non-hydrogen) atoms. The number of piperidine rings is 1. The molecule has 7 heteroatoms. The van der Waals surface area contributed by atoms with E-state index in [1.165, 1.54) is 18.2 Å². The number of nitrogens with two attached hydrogens (primary N) is 1. The monoisotopic (exact) mass is 279 g/mol. The number of hydrogen-bond donors (Lipinski definition) is 2. The lowest BCUT2D eigenvalue weighted by atomic mass is 10.1. The maximum absolute atomic E-state index is 13.7. The lowest BCUT2D eigenvalue weighted by Crippen LogP contribution is -2.40. The molecule has 0 unspecified atom stereocenters. The SMILES string of the molecule is NC1CCN(c2n[nH]c(-c3c(F)cccc3F)n2)CC1. The Morgan fingerprint density at radius 2 is 1.85 bits per heavy atom. The zero-order valence-corrected chi connectivity index (χ0v) is 10.8. The van der Waals surface area contributed by atoms with Gasteiger partial charge in [-0.15, -0.1) is 5.10 Å². The van der Waals surface area contributed by atoms with Gasteiger partial charge in [0.05, 0.1) is 5.56 Å². The maximum atomic E-state index is 13.7. The molecule has 5 nitrogen and oxygen atoms in total. The summed E-state index contributed by atoms with van der Waals surface area (Å²) in [4.78, 5) is 6.15. The second kappa shape index (κ2) is 5.16. The van der Waals surface area contributed by atoms with E-state index in [9.17, 15) is 8.78 Å². The predicted octanol–water partition coefficient (Wildman–Crippen LogP) is 1.68. The molecular formula is C13H15F2N5. The molecule has 0 bridgehead atoms. The Hall–Kier alpha value is -2.02. The van der Waals surface area contributed by atoms with Gasteiger partial charge in [-0.25, -0.2) is 8.78 Å². The van der Waals surface area contributed by atoms with Crippen molar-refractivity contribution in [3.63, 3.8) is 0 Å². The number of aromatic nitrogens is 3. The Morgan fingerprint density at radius 1 is 1.20 bits per heavy atom. The van der Waals surface area contributed by atoms with Gasteiger partial charge in [0.1, 0.15) is 11.6 Å². The molecule has 2 heterocycles. The number of nitrogens with one attached hydrogen (secondary N) is 1. The third-order valence-electron chi connectivity index (χ3n) is 3.50. The second-order valence-corrected chi connectivity index (χ2v) is 4.91. The van der Waals surface area contributed by atoms with Crippen molar-refractivity contribution in [2.75, 3.05) is 18.0 Å². The fraction of sp³-hybridized carbons (Fsp3) is 0.385. The Morgan fingerprint density at radius 3 is 2.50 bits per heavy atom. The lowest BCUT2D eigenvalue weighted by molar-refractivity contribution is 0.496. The van der Waals surface area contributed by atoms with Crippen LogP contribution in [0, 0.1) is 11.6 Å². The quantitative estimate of drug-likeness (QED) is 0.877. The molecule has 0 amide bonds. The minimum absolute atomic E-state index is 0.102. The highest BCUT2D eigenvalue weighted by Gasteiger charge is 2.21. The van der Waals surface area contributed by atoms with Gasteiger partial charge >= 0.3 is 0 Å². The van der Waals surface area contributed by atoms with Crippen LogP contribution in [-0.2, 0) is 0 Å². The molecule has 0 spiro atoms. The lowest BCUT2D eigenvalue weighted by Gasteiger charge is -2.28. The minimum Gasteiger partial charge on any atom is -0.339 e. The van der Waals surface area contributed by atoms with Gasteiger partial charge in [-0.05, 0) is 25.0 Å². The summed E-state index contributed by atoms with van der Waals surface area (Å²) in [5.74, 6) is -0.762. The van der Waals surface area contributed by atoms with Crippen molar-refractivity contribution < 1.29 is 8.78 Å². The summed E-state index contributed by atoms with van der Waals surface area (Å²) < 4.78 is 27.4. The van der Waals surface area contributed by atoms with Crippen molar-refractivity contribution in [3.8, 4) is 11.4 Å². The molecule has 1 aliphatic heterocycles. The van der Waals surface area contributed by atoms with E-state index in [4.69, 9.17) is 5.73 Å². The van der Waals surface area contributed by atoms with Gasteiger partial charge in [-0.1, -0.05) is 6.07 Å². The average Bonchev–Trinajstić information content (AvgIpc) is 2.89. The molecule has 1 aromatic carbocycles. The van der Waals surface area contributed by atoms with E-state index in [0.717, 1.165) is 25.9 Å². The number of hydrogen-bond acceptors (Lipinski definition) is 4. The normalized spacial score (nSPS) is 16.6. The van der Waals surface area contributed by atoms with Crippen molar-refractivity contribution >= 4 is 5.95 Å². The predicted molar refractivity (Wildman–Crippen MR) is 71.2 cm³/mol. The average molecular weight is 279 g/mol. The van der Waals surface area contributed by atoms with E-state index < -0.39 is 11.6 Å². The van der Waals surface area contributed by atoms with Crippen molar-refractivity contribution in [2.24, 2.45) is 5.73 Å². The van der Waals surface area contributed by atoms with Crippen LogP contribution >= 0.6 is 0 Å². The topological polar surface area (TPSA) is 70.8 Å². The summed E-state index contributed by atoms with van der Waals surface area (Å²) in [6, 6.07) is 3.91. The van der Waals surface area contributed by atoms with Gasteiger partial charge in [-0.3, -0.25) is 5.10 Å². The van der Waals surface area contributed by atoms with E-state index in [0.29, 0.717) is 5.95 Å². The summed E-state index contributed by atoms with van der Waals surface area (Å²) in [6.07, 6.45) is 1.72. The van der Waals surface area contributed by atoms with Crippen molar-refractivity contribution in [1.29, 1.82) is 0 Å². The van der Waals surface area contributed by atoms with Crippen LogP contribution in [0.4, 0.5) is 14.7 Å². The van der Waals surface area contributed by atoms with Gasteiger partial charge in [0.15, 0.2) is 5.82 Å². The molecular weight excluding hydrogens is 264 g/mol. The molecule has 2 aromatic rings. The van der Waals surface area contributed by atoms with E-state index in [1.54, 1.807) is 0 Å². The number of H-pyrrole nitrogens is 1. The standard InChI is InChI=1S/C13H15F2N5/c14-9-2-1-3-10(15)11(9)12-17-13(19-18-12)20-6-4-8(16)5-7-20/h1-3,8H,4-7,16H2,(H,17,18,19). The number of benzene rings is 1. The van der Waals surface area contributed by atoms with Crippen LogP contribution < -0.4 is 10.6 Å². The summed E-state index contributed by atoms with van der Waals surface area (Å²) in [6.45, 7) is 1.50. The van der Waals surface area contributed by atoms with Crippen LogP contribution in [0.5, 0.6) is 0 Å². The highest BCUT2D eigenvalue weighted by molar-refractivity contribution is 5.58. The zero-order valence-electron chi connectivity index (χ0n) is 10.8. The Balaban J connectivity index is 1.87. The third-order valence-corrected chi connectivity index (χ3v) is 3.50. The number of aromatic amines is 1. The third kappa shape index (κ3) is 2.36. The molecule has 3 rings (SSSR count). The van der Waals surface area contributed by atoms with Crippen molar-refractivity contribution in [1.82, 2.24) is 15.2 Å². The molecule has 0 atom stereocenters. The summed E-state index contributed by atoms with van der Waals surface area (Å²) in [7, 11) is 0. The summed E-state index contributed by atoms with van der Waals surface area (Å²) in [5, 5.41) is 6.64. The van der Waals surface area contributed by atoms with E-state index in [1.807, 2.05) is 4.90 Å². The highest BCUT2D eigenvalue weighted by Crippen LogP contribution is 2.24. The van der Waals surface area contributed by atoms with Crippen LogP contribution in [0.2, 0.25) is 0 Å². The first kappa shape index (κ1) is 13.0.